The third kappa shape index (κ3) is 6.55. The van der Waals surface area contributed by atoms with E-state index < -0.39 is 6.61 Å². The highest BCUT2D eigenvalue weighted by atomic mass is 32.2. The molecule has 0 aromatic carbocycles. The molecule has 0 bridgehead atoms. The van der Waals surface area contributed by atoms with Crippen molar-refractivity contribution in [1.82, 2.24) is 10.3 Å². The number of carbonyl (C=O) groups excluding carboxylic acids is 1. The van der Waals surface area contributed by atoms with Crippen LogP contribution in [0.2, 0.25) is 0 Å². The van der Waals surface area contributed by atoms with E-state index in [1.54, 1.807) is 11.8 Å². The zero-order valence-corrected chi connectivity index (χ0v) is 12.4. The quantitative estimate of drug-likeness (QED) is 0.376. The van der Waals surface area contributed by atoms with Crippen molar-refractivity contribution >= 4 is 40.0 Å². The lowest BCUT2D eigenvalue weighted by Gasteiger charge is -2.01. The standard InChI is InChI=1S/C11H18N4O2S2/c1-2-9(12)15-11-14-8(7-19-11)6-18-4-3-13-10(17)5-16/h7,16H,2-6H2,1H3,(H,13,17)(H2,12,14,15). The molecule has 19 heavy (non-hydrogen) atoms. The molecule has 1 heterocycles. The highest BCUT2D eigenvalue weighted by Crippen LogP contribution is 2.21. The molecule has 106 valence electrons. The zero-order valence-electron chi connectivity index (χ0n) is 10.8. The highest BCUT2D eigenvalue weighted by Gasteiger charge is 2.02. The molecule has 1 amide bonds. The molecule has 0 fully saturated rings. The molecule has 0 saturated carbocycles. The van der Waals surface area contributed by atoms with Crippen molar-refractivity contribution < 1.29 is 9.90 Å². The fourth-order valence-electron chi connectivity index (χ4n) is 1.11. The number of amides is 1. The molecule has 4 N–H and O–H groups in total. The third-order valence-corrected chi connectivity index (χ3v) is 3.88. The second kappa shape index (κ2) is 8.89. The van der Waals surface area contributed by atoms with Gasteiger partial charge in [0.15, 0.2) is 0 Å². The molecule has 0 aliphatic rings. The number of nitrogens with two attached hydrogens (primary N) is 1. The molecule has 1 aromatic rings. The number of aromatic nitrogens is 1. The van der Waals surface area contributed by atoms with Crippen LogP contribution >= 0.6 is 23.1 Å². The Bertz CT molecular complexity index is 434. The summed E-state index contributed by atoms with van der Waals surface area (Å²) in [4.78, 5) is 19.3. The SMILES string of the molecule is CCC(N)=Nc1nc(CSCCNC(=O)CO)cs1. The van der Waals surface area contributed by atoms with Gasteiger partial charge >= 0.3 is 0 Å². The molecule has 1 aromatic heterocycles. The smallest absolute Gasteiger partial charge is 0.245 e. The molecule has 0 saturated heterocycles. The largest absolute Gasteiger partial charge is 0.387 e. The Labute approximate surface area is 120 Å². The summed E-state index contributed by atoms with van der Waals surface area (Å²) in [6.45, 7) is 2.03. The zero-order chi connectivity index (χ0) is 14.1. The number of thiazole rings is 1. The number of aliphatic hydroxyl groups is 1. The lowest BCUT2D eigenvalue weighted by molar-refractivity contribution is -0.123. The summed E-state index contributed by atoms with van der Waals surface area (Å²) in [5.74, 6) is 1.78. The molecule has 0 atom stereocenters. The number of hydrogen-bond donors (Lipinski definition) is 3. The van der Waals surface area contributed by atoms with Crippen molar-refractivity contribution in [3.8, 4) is 0 Å². The Morgan fingerprint density at radius 3 is 3.16 bits per heavy atom. The number of thioether (sulfide) groups is 1. The summed E-state index contributed by atoms with van der Waals surface area (Å²) in [7, 11) is 0. The Morgan fingerprint density at radius 2 is 2.47 bits per heavy atom. The summed E-state index contributed by atoms with van der Waals surface area (Å²) < 4.78 is 0. The van der Waals surface area contributed by atoms with Crippen LogP contribution in [-0.4, -0.2) is 40.7 Å². The van der Waals surface area contributed by atoms with E-state index in [9.17, 15) is 4.79 Å². The second-order valence-corrected chi connectivity index (χ2v) is 5.58. The van der Waals surface area contributed by atoms with Gasteiger partial charge in [0.1, 0.15) is 12.4 Å². The predicted octanol–water partition coefficient (Wildman–Crippen LogP) is 0.883. The summed E-state index contributed by atoms with van der Waals surface area (Å²) in [5.41, 5.74) is 6.61. The van der Waals surface area contributed by atoms with E-state index in [2.05, 4.69) is 15.3 Å². The monoisotopic (exact) mass is 302 g/mol. The molecule has 8 heteroatoms. The first-order valence-corrected chi connectivity index (χ1v) is 7.91. The van der Waals surface area contributed by atoms with E-state index in [4.69, 9.17) is 10.8 Å². The molecular formula is C11H18N4O2S2. The molecule has 0 aliphatic heterocycles. The van der Waals surface area contributed by atoms with Crippen LogP contribution in [0.5, 0.6) is 0 Å². The van der Waals surface area contributed by atoms with Gasteiger partial charge in [0.25, 0.3) is 0 Å². The van der Waals surface area contributed by atoms with Crippen molar-refractivity contribution in [3.05, 3.63) is 11.1 Å². The minimum atomic E-state index is -0.461. The Balaban J connectivity index is 2.25. The van der Waals surface area contributed by atoms with Crippen LogP contribution < -0.4 is 11.1 Å². The fourth-order valence-corrected chi connectivity index (χ4v) is 2.68. The van der Waals surface area contributed by atoms with Crippen LogP contribution in [0.1, 0.15) is 19.0 Å². The first-order valence-electron chi connectivity index (χ1n) is 5.88. The van der Waals surface area contributed by atoms with Crippen molar-refractivity contribution in [2.45, 2.75) is 19.1 Å². The predicted molar refractivity (Wildman–Crippen MR) is 79.9 cm³/mol. The molecule has 0 aliphatic carbocycles. The number of hydrogen-bond acceptors (Lipinski definition) is 6. The van der Waals surface area contributed by atoms with Gasteiger partial charge < -0.3 is 16.2 Å². The average Bonchev–Trinajstić information content (AvgIpc) is 2.85. The van der Waals surface area contributed by atoms with Gasteiger partial charge in [-0.3, -0.25) is 4.79 Å². The second-order valence-electron chi connectivity index (χ2n) is 3.64. The molecule has 0 radical (unpaired) electrons. The number of nitrogens with zero attached hydrogens (tertiary/aromatic N) is 2. The molecule has 6 nitrogen and oxygen atoms in total. The fraction of sp³-hybridized carbons (Fsp3) is 0.545. The molecule has 1 rings (SSSR count). The Morgan fingerprint density at radius 1 is 1.68 bits per heavy atom. The summed E-state index contributed by atoms with van der Waals surface area (Å²) in [6, 6.07) is 0. The van der Waals surface area contributed by atoms with Crippen molar-refractivity contribution in [2.24, 2.45) is 10.7 Å². The maximum atomic E-state index is 10.8. The van der Waals surface area contributed by atoms with Gasteiger partial charge in [0, 0.05) is 29.9 Å². The van der Waals surface area contributed by atoms with Crippen LogP contribution in [0, 0.1) is 0 Å². The number of amidine groups is 1. The third-order valence-electron chi connectivity index (χ3n) is 2.10. The van der Waals surface area contributed by atoms with Crippen LogP contribution in [-0.2, 0) is 10.5 Å². The topological polar surface area (TPSA) is 101 Å². The van der Waals surface area contributed by atoms with E-state index in [-0.39, 0.29) is 5.91 Å². The van der Waals surface area contributed by atoms with Crippen LogP contribution in [0.15, 0.2) is 10.4 Å². The van der Waals surface area contributed by atoms with Crippen LogP contribution in [0.3, 0.4) is 0 Å². The van der Waals surface area contributed by atoms with Gasteiger partial charge in [-0.05, 0) is 0 Å². The van der Waals surface area contributed by atoms with Gasteiger partial charge in [0.05, 0.1) is 5.69 Å². The van der Waals surface area contributed by atoms with E-state index in [0.717, 1.165) is 17.2 Å². The van der Waals surface area contributed by atoms with E-state index in [1.165, 1.54) is 11.3 Å². The number of aliphatic imine (C=N–C) groups is 1. The molecule has 0 spiro atoms. The van der Waals surface area contributed by atoms with Gasteiger partial charge in [-0.2, -0.15) is 11.8 Å². The van der Waals surface area contributed by atoms with Crippen LogP contribution in [0.4, 0.5) is 5.13 Å². The Hall–Kier alpha value is -1.12. The highest BCUT2D eigenvalue weighted by molar-refractivity contribution is 7.98. The van der Waals surface area contributed by atoms with Crippen molar-refractivity contribution in [2.75, 3.05) is 18.9 Å². The summed E-state index contributed by atoms with van der Waals surface area (Å²) >= 11 is 3.14. The molecule has 0 unspecified atom stereocenters. The number of carbonyl (C=O) groups is 1. The maximum absolute atomic E-state index is 10.8. The van der Waals surface area contributed by atoms with E-state index >= 15 is 0 Å². The van der Waals surface area contributed by atoms with Crippen molar-refractivity contribution in [3.63, 3.8) is 0 Å². The normalized spacial score (nSPS) is 11.6. The van der Waals surface area contributed by atoms with Gasteiger partial charge in [-0.25, -0.2) is 9.98 Å². The summed E-state index contributed by atoms with van der Waals surface area (Å²) in [5, 5.41) is 13.7. The lowest BCUT2D eigenvalue weighted by atomic mass is 10.5. The molecular weight excluding hydrogens is 284 g/mol. The maximum Gasteiger partial charge on any atom is 0.245 e. The van der Waals surface area contributed by atoms with E-state index in [0.29, 0.717) is 23.9 Å². The number of nitrogens with one attached hydrogen (secondary N) is 1. The van der Waals surface area contributed by atoms with Gasteiger partial charge in [-0.15, -0.1) is 11.3 Å². The van der Waals surface area contributed by atoms with Crippen LogP contribution in [0.25, 0.3) is 0 Å². The van der Waals surface area contributed by atoms with E-state index in [1.807, 2.05) is 12.3 Å². The average molecular weight is 302 g/mol. The number of rotatable bonds is 8. The van der Waals surface area contributed by atoms with Gasteiger partial charge in [0.2, 0.25) is 11.0 Å². The minimum Gasteiger partial charge on any atom is -0.387 e. The first kappa shape index (κ1) is 15.9. The number of aliphatic hydroxyl groups excluding tert-OH is 1. The van der Waals surface area contributed by atoms with Gasteiger partial charge in [-0.1, -0.05) is 6.92 Å². The lowest BCUT2D eigenvalue weighted by Crippen LogP contribution is -2.28. The summed E-state index contributed by atoms with van der Waals surface area (Å²) in [6.07, 6.45) is 0.716. The Kier molecular flexibility index (Phi) is 7.46. The minimum absolute atomic E-state index is 0.346. The van der Waals surface area contributed by atoms with Crippen molar-refractivity contribution in [1.29, 1.82) is 0 Å². The first-order chi connectivity index (χ1) is 9.15.